The highest BCUT2D eigenvalue weighted by Crippen LogP contribution is 2.40. The van der Waals surface area contributed by atoms with Gasteiger partial charge in [0.1, 0.15) is 0 Å². The number of nitrogens with one attached hydrogen (secondary N) is 1. The van der Waals surface area contributed by atoms with E-state index in [0.717, 1.165) is 27.9 Å². The number of rotatable bonds is 6. The standard InChI is InChI=1S/C14H15Cl4NO/c15-4-1-8-9(2-5-16)13(18)10(3-6-17)14-11(8)7-12(20)19-14/h1-7H2,(H,19,20). The first-order valence-corrected chi connectivity index (χ1v) is 8.44. The first kappa shape index (κ1) is 16.2. The second-order valence-corrected chi connectivity index (χ2v) is 6.16. The second kappa shape index (κ2) is 7.22. The molecule has 0 radical (unpaired) electrons. The van der Waals surface area contributed by atoms with Crippen molar-refractivity contribution in [3.05, 3.63) is 27.3 Å². The predicted molar refractivity (Wildman–Crippen MR) is 87.1 cm³/mol. The van der Waals surface area contributed by atoms with Crippen molar-refractivity contribution in [1.82, 2.24) is 0 Å². The Morgan fingerprint density at radius 1 is 0.900 bits per heavy atom. The van der Waals surface area contributed by atoms with Gasteiger partial charge in [0.25, 0.3) is 0 Å². The van der Waals surface area contributed by atoms with Crippen LogP contribution in [0, 0.1) is 0 Å². The van der Waals surface area contributed by atoms with Crippen LogP contribution in [0.1, 0.15) is 22.3 Å². The summed E-state index contributed by atoms with van der Waals surface area (Å²) in [5.41, 5.74) is 4.84. The monoisotopic (exact) mass is 353 g/mol. The smallest absolute Gasteiger partial charge is 0.228 e. The lowest BCUT2D eigenvalue weighted by molar-refractivity contribution is -0.115. The third-order valence-corrected chi connectivity index (χ3v) is 4.52. The Labute approximate surface area is 138 Å². The van der Waals surface area contributed by atoms with E-state index in [0.29, 0.717) is 48.3 Å². The highest BCUT2D eigenvalue weighted by Gasteiger charge is 2.28. The first-order valence-electron chi connectivity index (χ1n) is 6.46. The fourth-order valence-corrected chi connectivity index (χ4v) is 3.67. The quantitative estimate of drug-likeness (QED) is 0.763. The number of hydrogen-bond acceptors (Lipinski definition) is 1. The van der Waals surface area contributed by atoms with Crippen LogP contribution in [0.5, 0.6) is 0 Å². The van der Waals surface area contributed by atoms with Crippen molar-refractivity contribution in [2.75, 3.05) is 23.0 Å². The minimum Gasteiger partial charge on any atom is -0.325 e. The number of alkyl halides is 3. The molecule has 110 valence electrons. The summed E-state index contributed by atoms with van der Waals surface area (Å²) in [6.07, 6.45) is 2.36. The molecule has 1 aromatic carbocycles. The zero-order valence-corrected chi connectivity index (χ0v) is 13.9. The summed E-state index contributed by atoms with van der Waals surface area (Å²) < 4.78 is 0. The molecule has 0 aromatic heterocycles. The van der Waals surface area contributed by atoms with E-state index in [1.165, 1.54) is 0 Å². The molecule has 0 bridgehead atoms. The number of amides is 1. The van der Waals surface area contributed by atoms with Crippen molar-refractivity contribution < 1.29 is 4.79 Å². The van der Waals surface area contributed by atoms with Crippen molar-refractivity contribution in [2.45, 2.75) is 25.7 Å². The minimum absolute atomic E-state index is 0.00858. The lowest BCUT2D eigenvalue weighted by Crippen LogP contribution is -2.07. The lowest BCUT2D eigenvalue weighted by atomic mass is 9.91. The number of fused-ring (bicyclic) bond motifs is 1. The predicted octanol–water partition coefficient (Wildman–Crippen LogP) is 4.18. The van der Waals surface area contributed by atoms with Gasteiger partial charge in [-0.3, -0.25) is 4.79 Å². The van der Waals surface area contributed by atoms with Gasteiger partial charge < -0.3 is 5.32 Å². The van der Waals surface area contributed by atoms with Crippen molar-refractivity contribution in [3.63, 3.8) is 0 Å². The molecule has 1 aliphatic heterocycles. The van der Waals surface area contributed by atoms with E-state index < -0.39 is 0 Å². The molecule has 1 amide bonds. The fraction of sp³-hybridized carbons (Fsp3) is 0.500. The zero-order valence-electron chi connectivity index (χ0n) is 10.9. The van der Waals surface area contributed by atoms with Crippen LogP contribution in [0.25, 0.3) is 0 Å². The van der Waals surface area contributed by atoms with E-state index in [4.69, 9.17) is 46.4 Å². The molecule has 6 heteroatoms. The van der Waals surface area contributed by atoms with E-state index in [1.807, 2.05) is 0 Å². The summed E-state index contributed by atoms with van der Waals surface area (Å²) >= 11 is 24.2. The highest BCUT2D eigenvalue weighted by atomic mass is 35.5. The molecule has 0 atom stereocenters. The Bertz CT molecular complexity index is 531. The fourth-order valence-electron chi connectivity index (χ4n) is 2.71. The van der Waals surface area contributed by atoms with Gasteiger partial charge in [0.15, 0.2) is 0 Å². The third kappa shape index (κ3) is 3.04. The largest absolute Gasteiger partial charge is 0.325 e. The minimum atomic E-state index is -0.00858. The van der Waals surface area contributed by atoms with Crippen LogP contribution in [0.3, 0.4) is 0 Å². The Morgan fingerprint density at radius 3 is 2.05 bits per heavy atom. The van der Waals surface area contributed by atoms with Gasteiger partial charge >= 0.3 is 0 Å². The molecular formula is C14H15Cl4NO. The number of carbonyl (C=O) groups excluding carboxylic acids is 1. The first-order chi connectivity index (χ1) is 9.63. The summed E-state index contributed by atoms with van der Waals surface area (Å²) in [6.45, 7) is 0. The van der Waals surface area contributed by atoms with Crippen LogP contribution in [0.4, 0.5) is 5.69 Å². The SMILES string of the molecule is O=C1Cc2c(CCCl)c(CCCl)c(Cl)c(CCCl)c2N1. The van der Waals surface area contributed by atoms with Crippen molar-refractivity contribution in [2.24, 2.45) is 0 Å². The Morgan fingerprint density at radius 2 is 1.45 bits per heavy atom. The molecule has 1 N–H and O–H groups in total. The third-order valence-electron chi connectivity index (χ3n) is 3.50. The molecular weight excluding hydrogens is 340 g/mol. The van der Waals surface area contributed by atoms with Crippen molar-refractivity contribution in [1.29, 1.82) is 0 Å². The topological polar surface area (TPSA) is 29.1 Å². The summed E-state index contributed by atoms with van der Waals surface area (Å²) in [5.74, 6) is 1.42. The van der Waals surface area contributed by atoms with E-state index in [1.54, 1.807) is 0 Å². The summed E-state index contributed by atoms with van der Waals surface area (Å²) in [5, 5.41) is 3.58. The number of hydrogen-bond donors (Lipinski definition) is 1. The van der Waals surface area contributed by atoms with Gasteiger partial charge in [-0.25, -0.2) is 0 Å². The van der Waals surface area contributed by atoms with Gasteiger partial charge in [-0.05, 0) is 41.5 Å². The molecule has 1 heterocycles. The Hall–Kier alpha value is -0.150. The van der Waals surface area contributed by atoms with Crippen molar-refractivity contribution >= 4 is 58.0 Å². The molecule has 2 nitrogen and oxygen atoms in total. The molecule has 0 fully saturated rings. The van der Waals surface area contributed by atoms with Crippen LogP contribution >= 0.6 is 46.4 Å². The molecule has 0 spiro atoms. The lowest BCUT2D eigenvalue weighted by Gasteiger charge is -2.19. The van der Waals surface area contributed by atoms with Gasteiger partial charge in [-0.1, -0.05) is 11.6 Å². The van der Waals surface area contributed by atoms with Gasteiger partial charge in [0.05, 0.1) is 6.42 Å². The maximum atomic E-state index is 11.7. The van der Waals surface area contributed by atoms with Crippen molar-refractivity contribution in [3.8, 4) is 0 Å². The maximum absolute atomic E-state index is 11.7. The molecule has 1 aliphatic rings. The molecule has 1 aromatic rings. The summed E-state index contributed by atoms with van der Waals surface area (Å²) in [7, 11) is 0. The van der Waals surface area contributed by atoms with Gasteiger partial charge in [0.2, 0.25) is 5.91 Å². The highest BCUT2D eigenvalue weighted by molar-refractivity contribution is 6.33. The second-order valence-electron chi connectivity index (χ2n) is 4.65. The zero-order chi connectivity index (χ0) is 14.7. The Balaban J connectivity index is 2.65. The summed E-state index contributed by atoms with van der Waals surface area (Å²) in [4.78, 5) is 11.7. The number of carbonyl (C=O) groups is 1. The molecule has 0 saturated carbocycles. The number of benzene rings is 1. The van der Waals surface area contributed by atoms with Crippen LogP contribution in [0.2, 0.25) is 5.02 Å². The molecule has 0 saturated heterocycles. The van der Waals surface area contributed by atoms with Crippen LogP contribution in [0.15, 0.2) is 0 Å². The van der Waals surface area contributed by atoms with Crippen LogP contribution < -0.4 is 5.32 Å². The average molecular weight is 355 g/mol. The molecule has 20 heavy (non-hydrogen) atoms. The van der Waals surface area contributed by atoms with E-state index >= 15 is 0 Å². The normalized spacial score (nSPS) is 13.5. The average Bonchev–Trinajstić information content (AvgIpc) is 2.80. The molecule has 2 rings (SSSR count). The number of halogens is 4. The van der Waals surface area contributed by atoms with Gasteiger partial charge in [-0.2, -0.15) is 0 Å². The van der Waals surface area contributed by atoms with E-state index in [-0.39, 0.29) is 5.91 Å². The number of anilines is 1. The molecule has 0 aliphatic carbocycles. The van der Waals surface area contributed by atoms with Gasteiger partial charge in [-0.15, -0.1) is 34.8 Å². The van der Waals surface area contributed by atoms with Gasteiger partial charge in [0, 0.05) is 28.4 Å². The summed E-state index contributed by atoms with van der Waals surface area (Å²) in [6, 6.07) is 0. The van der Waals surface area contributed by atoms with E-state index in [2.05, 4.69) is 5.32 Å². The van der Waals surface area contributed by atoms with Crippen LogP contribution in [-0.2, 0) is 30.5 Å². The van der Waals surface area contributed by atoms with E-state index in [9.17, 15) is 4.79 Å². The maximum Gasteiger partial charge on any atom is 0.228 e. The van der Waals surface area contributed by atoms with Crippen LogP contribution in [-0.4, -0.2) is 23.5 Å². The molecule has 0 unspecified atom stereocenters. The Kier molecular flexibility index (Phi) is 5.85.